The van der Waals surface area contributed by atoms with Gasteiger partial charge in [-0.2, -0.15) is 0 Å². The number of aryl methyl sites for hydroxylation is 1. The third-order valence-corrected chi connectivity index (χ3v) is 2.87. The van der Waals surface area contributed by atoms with Crippen molar-refractivity contribution in [1.29, 1.82) is 0 Å². The summed E-state index contributed by atoms with van der Waals surface area (Å²) in [6.45, 7) is 2.97. The standard InChI is InChI=1S/C15H18N2/c1-12-5-3-4-6-15(12)17-11-13-7-9-14(16-2)10-8-13/h3-10,16-17H,11H2,1-2H3. The van der Waals surface area contributed by atoms with Gasteiger partial charge in [0.1, 0.15) is 0 Å². The second-order valence-corrected chi connectivity index (χ2v) is 4.12. The molecule has 0 aliphatic heterocycles. The van der Waals surface area contributed by atoms with Gasteiger partial charge in [-0.05, 0) is 36.2 Å². The Hall–Kier alpha value is -1.96. The summed E-state index contributed by atoms with van der Waals surface area (Å²) in [5, 5.41) is 6.56. The minimum absolute atomic E-state index is 0.856. The maximum absolute atomic E-state index is 3.45. The lowest BCUT2D eigenvalue weighted by atomic mass is 10.1. The van der Waals surface area contributed by atoms with Crippen molar-refractivity contribution in [2.75, 3.05) is 17.7 Å². The molecule has 0 aliphatic carbocycles. The predicted molar refractivity (Wildman–Crippen MR) is 74.5 cm³/mol. The van der Waals surface area contributed by atoms with Crippen molar-refractivity contribution < 1.29 is 0 Å². The molecule has 2 aromatic rings. The lowest BCUT2D eigenvalue weighted by Crippen LogP contribution is -2.00. The zero-order valence-corrected chi connectivity index (χ0v) is 10.3. The Balaban J connectivity index is 2.00. The summed E-state index contributed by atoms with van der Waals surface area (Å²) in [5.74, 6) is 0. The lowest BCUT2D eigenvalue weighted by molar-refractivity contribution is 1.14. The van der Waals surface area contributed by atoms with Gasteiger partial charge in [0.05, 0.1) is 0 Å². The molecule has 2 N–H and O–H groups in total. The average molecular weight is 226 g/mol. The minimum Gasteiger partial charge on any atom is -0.388 e. The molecule has 0 amide bonds. The van der Waals surface area contributed by atoms with E-state index >= 15 is 0 Å². The van der Waals surface area contributed by atoms with Gasteiger partial charge in [-0.25, -0.2) is 0 Å². The first-order chi connectivity index (χ1) is 8.29. The molecule has 0 unspecified atom stereocenters. The smallest absolute Gasteiger partial charge is 0.0400 e. The maximum atomic E-state index is 3.45. The normalized spacial score (nSPS) is 10.0. The maximum Gasteiger partial charge on any atom is 0.0400 e. The van der Waals surface area contributed by atoms with Crippen LogP contribution >= 0.6 is 0 Å². The number of benzene rings is 2. The molecular weight excluding hydrogens is 208 g/mol. The second kappa shape index (κ2) is 5.39. The Kier molecular flexibility index (Phi) is 3.66. The molecule has 0 atom stereocenters. The van der Waals surface area contributed by atoms with Gasteiger partial charge in [-0.3, -0.25) is 0 Å². The van der Waals surface area contributed by atoms with E-state index in [2.05, 4.69) is 66.1 Å². The minimum atomic E-state index is 0.856. The molecule has 0 saturated carbocycles. The molecule has 2 aromatic carbocycles. The molecule has 17 heavy (non-hydrogen) atoms. The number of hydrogen-bond acceptors (Lipinski definition) is 2. The van der Waals surface area contributed by atoms with E-state index in [1.807, 2.05) is 7.05 Å². The molecule has 2 rings (SSSR count). The molecule has 88 valence electrons. The molecule has 2 heteroatoms. The molecule has 0 bridgehead atoms. The molecule has 0 spiro atoms. The first kappa shape index (κ1) is 11.5. The third kappa shape index (κ3) is 3.00. The Labute approximate surface area is 103 Å². The number of nitrogens with one attached hydrogen (secondary N) is 2. The highest BCUT2D eigenvalue weighted by Crippen LogP contribution is 2.15. The van der Waals surface area contributed by atoms with Gasteiger partial charge in [0.15, 0.2) is 0 Å². The van der Waals surface area contributed by atoms with Crippen LogP contribution in [0.2, 0.25) is 0 Å². The fraction of sp³-hybridized carbons (Fsp3) is 0.200. The number of para-hydroxylation sites is 1. The first-order valence-corrected chi connectivity index (χ1v) is 5.86. The summed E-state index contributed by atoms with van der Waals surface area (Å²) in [6.07, 6.45) is 0. The van der Waals surface area contributed by atoms with Gasteiger partial charge in [-0.1, -0.05) is 30.3 Å². The van der Waals surface area contributed by atoms with Gasteiger partial charge in [-0.15, -0.1) is 0 Å². The van der Waals surface area contributed by atoms with Crippen LogP contribution in [0.3, 0.4) is 0 Å². The quantitative estimate of drug-likeness (QED) is 0.831. The lowest BCUT2D eigenvalue weighted by Gasteiger charge is -2.09. The van der Waals surface area contributed by atoms with E-state index in [1.165, 1.54) is 16.8 Å². The average Bonchev–Trinajstić information content (AvgIpc) is 2.38. The number of rotatable bonds is 4. The first-order valence-electron chi connectivity index (χ1n) is 5.86. The summed E-state index contributed by atoms with van der Waals surface area (Å²) in [7, 11) is 1.93. The van der Waals surface area contributed by atoms with E-state index in [4.69, 9.17) is 0 Å². The summed E-state index contributed by atoms with van der Waals surface area (Å²) < 4.78 is 0. The zero-order chi connectivity index (χ0) is 12.1. The monoisotopic (exact) mass is 226 g/mol. The molecule has 0 radical (unpaired) electrons. The molecule has 0 saturated heterocycles. The number of hydrogen-bond donors (Lipinski definition) is 2. The SMILES string of the molecule is CNc1ccc(CNc2ccccc2C)cc1. The van der Waals surface area contributed by atoms with Crippen LogP contribution in [0.1, 0.15) is 11.1 Å². The van der Waals surface area contributed by atoms with Gasteiger partial charge < -0.3 is 10.6 Å². The molecule has 2 nitrogen and oxygen atoms in total. The third-order valence-electron chi connectivity index (χ3n) is 2.87. The highest BCUT2D eigenvalue weighted by molar-refractivity contribution is 5.51. The van der Waals surface area contributed by atoms with E-state index in [0.29, 0.717) is 0 Å². The summed E-state index contributed by atoms with van der Waals surface area (Å²) in [6, 6.07) is 16.8. The largest absolute Gasteiger partial charge is 0.388 e. The van der Waals surface area contributed by atoms with Crippen LogP contribution in [-0.2, 0) is 6.54 Å². The van der Waals surface area contributed by atoms with Crippen LogP contribution in [0, 0.1) is 6.92 Å². The fourth-order valence-electron chi connectivity index (χ4n) is 1.76. The summed E-state index contributed by atoms with van der Waals surface area (Å²) in [4.78, 5) is 0. The second-order valence-electron chi connectivity index (χ2n) is 4.12. The highest BCUT2D eigenvalue weighted by Gasteiger charge is 1.97. The van der Waals surface area contributed by atoms with E-state index in [0.717, 1.165) is 12.2 Å². The van der Waals surface area contributed by atoms with Crippen molar-refractivity contribution >= 4 is 11.4 Å². The topological polar surface area (TPSA) is 24.1 Å². The zero-order valence-electron chi connectivity index (χ0n) is 10.3. The Morgan fingerprint density at radius 2 is 1.65 bits per heavy atom. The van der Waals surface area contributed by atoms with Crippen molar-refractivity contribution in [2.45, 2.75) is 13.5 Å². The van der Waals surface area contributed by atoms with Crippen LogP contribution in [0.5, 0.6) is 0 Å². The van der Waals surface area contributed by atoms with E-state index in [-0.39, 0.29) is 0 Å². The van der Waals surface area contributed by atoms with Crippen molar-refractivity contribution in [1.82, 2.24) is 0 Å². The Bertz CT molecular complexity index is 475. The van der Waals surface area contributed by atoms with Crippen LogP contribution in [0.25, 0.3) is 0 Å². The molecule has 0 aliphatic rings. The highest BCUT2D eigenvalue weighted by atomic mass is 14.9. The van der Waals surface area contributed by atoms with Gasteiger partial charge in [0.25, 0.3) is 0 Å². The van der Waals surface area contributed by atoms with Crippen LogP contribution in [0.15, 0.2) is 48.5 Å². The Morgan fingerprint density at radius 1 is 0.941 bits per heavy atom. The van der Waals surface area contributed by atoms with E-state index < -0.39 is 0 Å². The predicted octanol–water partition coefficient (Wildman–Crippen LogP) is 3.65. The van der Waals surface area contributed by atoms with Crippen molar-refractivity contribution in [3.63, 3.8) is 0 Å². The van der Waals surface area contributed by atoms with Crippen LogP contribution < -0.4 is 10.6 Å². The summed E-state index contributed by atoms with van der Waals surface area (Å²) >= 11 is 0. The van der Waals surface area contributed by atoms with E-state index in [1.54, 1.807) is 0 Å². The molecule has 0 heterocycles. The molecule has 0 aromatic heterocycles. The molecule has 0 fully saturated rings. The van der Waals surface area contributed by atoms with Crippen LogP contribution in [-0.4, -0.2) is 7.05 Å². The van der Waals surface area contributed by atoms with Gasteiger partial charge >= 0.3 is 0 Å². The van der Waals surface area contributed by atoms with Crippen molar-refractivity contribution in [3.05, 3.63) is 59.7 Å². The molecular formula is C15H18N2. The Morgan fingerprint density at radius 3 is 2.29 bits per heavy atom. The van der Waals surface area contributed by atoms with E-state index in [9.17, 15) is 0 Å². The van der Waals surface area contributed by atoms with Gasteiger partial charge in [0, 0.05) is 25.0 Å². The number of anilines is 2. The fourth-order valence-corrected chi connectivity index (χ4v) is 1.76. The van der Waals surface area contributed by atoms with Crippen LogP contribution in [0.4, 0.5) is 11.4 Å². The van der Waals surface area contributed by atoms with Gasteiger partial charge in [0.2, 0.25) is 0 Å². The van der Waals surface area contributed by atoms with Crippen molar-refractivity contribution in [2.24, 2.45) is 0 Å². The van der Waals surface area contributed by atoms with Crippen molar-refractivity contribution in [3.8, 4) is 0 Å². The summed E-state index contributed by atoms with van der Waals surface area (Å²) in [5.41, 5.74) is 4.90.